The van der Waals surface area contributed by atoms with Gasteiger partial charge in [-0.25, -0.2) is 15.0 Å². The van der Waals surface area contributed by atoms with E-state index in [0.717, 1.165) is 33.4 Å². The Balaban J connectivity index is 1.09. The van der Waals surface area contributed by atoms with Crippen LogP contribution in [-0.2, 0) is 5.41 Å². The van der Waals surface area contributed by atoms with Crippen LogP contribution in [0.25, 0.3) is 78.3 Å². The maximum absolute atomic E-state index is 5.27. The van der Waals surface area contributed by atoms with Gasteiger partial charge in [0.15, 0.2) is 17.5 Å². The van der Waals surface area contributed by atoms with Crippen molar-refractivity contribution in [2.24, 2.45) is 0 Å². The lowest BCUT2D eigenvalue weighted by Crippen LogP contribution is -2.28. The summed E-state index contributed by atoms with van der Waals surface area (Å²) in [6, 6.07) is 80.0. The zero-order valence-corrected chi connectivity index (χ0v) is 32.2. The molecule has 0 unspecified atom stereocenters. The fourth-order valence-electron chi connectivity index (χ4n) is 9.00. The molecule has 0 amide bonds. The molecular formula is C56H37N3. The van der Waals surface area contributed by atoms with Crippen LogP contribution in [0.4, 0.5) is 0 Å². The maximum Gasteiger partial charge on any atom is 0.164 e. The van der Waals surface area contributed by atoms with E-state index in [4.69, 9.17) is 15.0 Å². The molecule has 0 saturated heterocycles. The third-order valence-corrected chi connectivity index (χ3v) is 11.8. The lowest BCUT2D eigenvalue weighted by Gasteiger charge is -2.34. The first kappa shape index (κ1) is 34.5. The van der Waals surface area contributed by atoms with Crippen LogP contribution >= 0.6 is 0 Å². The Morgan fingerprint density at radius 2 is 0.712 bits per heavy atom. The van der Waals surface area contributed by atoms with E-state index in [0.29, 0.717) is 17.5 Å². The van der Waals surface area contributed by atoms with Gasteiger partial charge in [0.1, 0.15) is 0 Å². The average Bonchev–Trinajstić information content (AvgIpc) is 3.62. The van der Waals surface area contributed by atoms with Crippen molar-refractivity contribution < 1.29 is 0 Å². The first-order chi connectivity index (χ1) is 29.2. The van der Waals surface area contributed by atoms with Gasteiger partial charge in [-0.2, -0.15) is 0 Å². The molecule has 0 radical (unpaired) electrons. The van der Waals surface area contributed by atoms with Crippen molar-refractivity contribution in [2.45, 2.75) is 5.41 Å². The predicted octanol–water partition coefficient (Wildman–Crippen LogP) is 13.7. The molecule has 1 heterocycles. The lowest BCUT2D eigenvalue weighted by atomic mass is 9.67. The minimum absolute atomic E-state index is 0.536. The molecular weight excluding hydrogens is 715 g/mol. The Morgan fingerprint density at radius 1 is 0.254 bits per heavy atom. The van der Waals surface area contributed by atoms with E-state index in [2.05, 4.69) is 218 Å². The molecule has 0 bridgehead atoms. The molecule has 1 aliphatic carbocycles. The van der Waals surface area contributed by atoms with Gasteiger partial charge in [-0.15, -0.1) is 0 Å². The first-order valence-corrected chi connectivity index (χ1v) is 20.1. The van der Waals surface area contributed by atoms with Gasteiger partial charge in [-0.1, -0.05) is 206 Å². The van der Waals surface area contributed by atoms with E-state index in [9.17, 15) is 0 Å². The summed E-state index contributed by atoms with van der Waals surface area (Å²) in [7, 11) is 0. The average molecular weight is 752 g/mol. The Kier molecular flexibility index (Phi) is 8.37. The zero-order valence-electron chi connectivity index (χ0n) is 32.2. The molecule has 0 atom stereocenters. The van der Waals surface area contributed by atoms with Crippen LogP contribution in [0.3, 0.4) is 0 Å². The van der Waals surface area contributed by atoms with Crippen molar-refractivity contribution >= 4 is 10.8 Å². The molecule has 0 saturated carbocycles. The molecule has 1 aliphatic rings. The fourth-order valence-corrected chi connectivity index (χ4v) is 9.00. The van der Waals surface area contributed by atoms with Crippen molar-refractivity contribution in [1.82, 2.24) is 15.0 Å². The lowest BCUT2D eigenvalue weighted by molar-refractivity contribution is 0.768. The van der Waals surface area contributed by atoms with Gasteiger partial charge in [0.25, 0.3) is 0 Å². The van der Waals surface area contributed by atoms with Crippen LogP contribution in [-0.4, -0.2) is 15.0 Å². The number of hydrogen-bond donors (Lipinski definition) is 0. The van der Waals surface area contributed by atoms with Crippen molar-refractivity contribution in [3.63, 3.8) is 0 Å². The van der Waals surface area contributed by atoms with Gasteiger partial charge < -0.3 is 0 Å². The highest BCUT2D eigenvalue weighted by Gasteiger charge is 2.46. The van der Waals surface area contributed by atoms with Crippen molar-refractivity contribution in [3.05, 3.63) is 247 Å². The molecule has 11 rings (SSSR count). The molecule has 10 aromatic rings. The molecule has 59 heavy (non-hydrogen) atoms. The predicted molar refractivity (Wildman–Crippen MR) is 242 cm³/mol. The highest BCUT2D eigenvalue weighted by molar-refractivity contribution is 5.89. The molecule has 0 spiro atoms. The summed E-state index contributed by atoms with van der Waals surface area (Å²) in [5.41, 5.74) is 14.2. The van der Waals surface area contributed by atoms with E-state index in [1.54, 1.807) is 0 Å². The van der Waals surface area contributed by atoms with E-state index in [1.807, 2.05) is 6.07 Å². The SMILES string of the molecule is c1ccc(-c2cccc(-c3nc(-c4ccc(-c5ccc6ccccc6c5)cc4)nc(-c4ccc5c(c4)C(c4ccccc4)(c4ccccc4)c4ccccc4-5)n3)c2)cc1. The van der Waals surface area contributed by atoms with E-state index in [1.165, 1.54) is 49.7 Å². The summed E-state index contributed by atoms with van der Waals surface area (Å²) in [6.45, 7) is 0. The van der Waals surface area contributed by atoms with Gasteiger partial charge in [0.05, 0.1) is 5.41 Å². The van der Waals surface area contributed by atoms with E-state index in [-0.39, 0.29) is 0 Å². The van der Waals surface area contributed by atoms with Gasteiger partial charge in [0.2, 0.25) is 0 Å². The third-order valence-electron chi connectivity index (χ3n) is 11.8. The number of fused-ring (bicyclic) bond motifs is 4. The van der Waals surface area contributed by atoms with Gasteiger partial charge >= 0.3 is 0 Å². The molecule has 1 aromatic heterocycles. The summed E-state index contributed by atoms with van der Waals surface area (Å²) in [5.74, 6) is 1.88. The summed E-state index contributed by atoms with van der Waals surface area (Å²) in [6.07, 6.45) is 0. The van der Waals surface area contributed by atoms with Crippen molar-refractivity contribution in [1.29, 1.82) is 0 Å². The minimum Gasteiger partial charge on any atom is -0.208 e. The normalized spacial score (nSPS) is 12.5. The molecule has 0 fully saturated rings. The van der Waals surface area contributed by atoms with Crippen LogP contribution in [0.2, 0.25) is 0 Å². The summed E-state index contributed by atoms with van der Waals surface area (Å²) in [4.78, 5) is 15.7. The largest absolute Gasteiger partial charge is 0.208 e. The van der Waals surface area contributed by atoms with Gasteiger partial charge in [-0.05, 0) is 84.6 Å². The van der Waals surface area contributed by atoms with Gasteiger partial charge in [-0.3, -0.25) is 0 Å². The Hall–Kier alpha value is -7.75. The second kappa shape index (κ2) is 14.3. The van der Waals surface area contributed by atoms with Crippen molar-refractivity contribution in [2.75, 3.05) is 0 Å². The highest BCUT2D eigenvalue weighted by Crippen LogP contribution is 2.56. The quantitative estimate of drug-likeness (QED) is 0.163. The molecule has 3 nitrogen and oxygen atoms in total. The summed E-state index contributed by atoms with van der Waals surface area (Å²) >= 11 is 0. The van der Waals surface area contributed by atoms with Crippen LogP contribution in [0, 0.1) is 0 Å². The number of aromatic nitrogens is 3. The van der Waals surface area contributed by atoms with E-state index >= 15 is 0 Å². The van der Waals surface area contributed by atoms with Crippen molar-refractivity contribution in [3.8, 4) is 67.5 Å². The second-order valence-corrected chi connectivity index (χ2v) is 15.2. The Bertz CT molecular complexity index is 3100. The Morgan fingerprint density at radius 3 is 1.42 bits per heavy atom. The van der Waals surface area contributed by atoms with E-state index < -0.39 is 5.41 Å². The number of hydrogen-bond acceptors (Lipinski definition) is 3. The maximum atomic E-state index is 5.27. The molecule has 0 N–H and O–H groups in total. The summed E-state index contributed by atoms with van der Waals surface area (Å²) < 4.78 is 0. The standard InChI is InChI=1S/C56H37N3/c1-4-15-38(16-5-1)43-19-14-20-45(36-43)54-57-53(41-30-27-40(28-31-41)44-32-29-39-17-10-11-18-42(39)35-44)58-55(59-54)46-33-34-50-49-25-12-13-26-51(49)56(52(50)37-46,47-21-6-2-7-22-47)48-23-8-3-9-24-48/h1-37H. The third kappa shape index (κ3) is 5.95. The molecule has 9 aromatic carbocycles. The van der Waals surface area contributed by atoms with Crippen LogP contribution in [0.15, 0.2) is 224 Å². The molecule has 0 aliphatic heterocycles. The monoisotopic (exact) mass is 751 g/mol. The zero-order chi connectivity index (χ0) is 39.2. The highest BCUT2D eigenvalue weighted by atomic mass is 15.0. The van der Waals surface area contributed by atoms with Crippen LogP contribution in [0.5, 0.6) is 0 Å². The van der Waals surface area contributed by atoms with Crippen LogP contribution < -0.4 is 0 Å². The number of nitrogens with zero attached hydrogens (tertiary/aromatic N) is 3. The molecule has 276 valence electrons. The fraction of sp³-hybridized carbons (Fsp3) is 0.0179. The number of benzene rings is 9. The topological polar surface area (TPSA) is 38.7 Å². The minimum atomic E-state index is -0.536. The van der Waals surface area contributed by atoms with Gasteiger partial charge in [0, 0.05) is 16.7 Å². The first-order valence-electron chi connectivity index (χ1n) is 20.1. The smallest absolute Gasteiger partial charge is 0.164 e. The Labute approximate surface area is 344 Å². The van der Waals surface area contributed by atoms with Crippen LogP contribution in [0.1, 0.15) is 22.3 Å². The number of rotatable bonds is 7. The summed E-state index contributed by atoms with van der Waals surface area (Å²) in [5, 5.41) is 2.45. The second-order valence-electron chi connectivity index (χ2n) is 15.2. The molecule has 3 heteroatoms.